The molecule has 0 spiro atoms. The molecule has 1 aliphatic rings. The Balaban J connectivity index is 2.62. The van der Waals surface area contributed by atoms with Gasteiger partial charge in [-0.2, -0.15) is 0 Å². The Kier molecular flexibility index (Phi) is 5.21. The molecule has 0 aromatic rings. The summed E-state index contributed by atoms with van der Waals surface area (Å²) in [7, 11) is -3.03. The molecule has 0 radical (unpaired) electrons. The van der Waals surface area contributed by atoms with Crippen molar-refractivity contribution in [3.63, 3.8) is 0 Å². The lowest BCUT2D eigenvalue weighted by atomic mass is 9.91. The van der Waals surface area contributed by atoms with Gasteiger partial charge >= 0.3 is 0 Å². The molecule has 0 aromatic carbocycles. The standard InChI is InChI=1S/C13H28N2O2S/c1-11-6-5-7-15(12(11)10-14)8-9-18(16,17)13(2,3)4/h11-12H,5-10,14H2,1-4H3. The monoisotopic (exact) mass is 276 g/mol. The predicted molar refractivity (Wildman–Crippen MR) is 76.4 cm³/mol. The summed E-state index contributed by atoms with van der Waals surface area (Å²) >= 11 is 0. The average Bonchev–Trinajstić information content (AvgIpc) is 2.25. The Labute approximate surface area is 112 Å². The molecule has 2 unspecified atom stereocenters. The number of nitrogens with zero attached hydrogens (tertiary/aromatic N) is 1. The maximum absolute atomic E-state index is 12.1. The highest BCUT2D eigenvalue weighted by Gasteiger charge is 2.32. The van der Waals surface area contributed by atoms with Crippen LogP contribution in [0.4, 0.5) is 0 Å². The molecule has 1 fully saturated rings. The summed E-state index contributed by atoms with van der Waals surface area (Å²) in [6.07, 6.45) is 2.34. The van der Waals surface area contributed by atoms with Crippen LogP contribution in [0.5, 0.6) is 0 Å². The zero-order valence-corrected chi connectivity index (χ0v) is 13.0. The topological polar surface area (TPSA) is 63.4 Å². The first-order valence-corrected chi connectivity index (χ1v) is 8.50. The van der Waals surface area contributed by atoms with Gasteiger partial charge in [0, 0.05) is 19.1 Å². The van der Waals surface area contributed by atoms with E-state index in [9.17, 15) is 8.42 Å². The summed E-state index contributed by atoms with van der Waals surface area (Å²) in [5, 5.41) is 0. The fourth-order valence-electron chi connectivity index (χ4n) is 2.54. The second-order valence-electron chi connectivity index (χ2n) is 6.39. The van der Waals surface area contributed by atoms with Crippen molar-refractivity contribution in [3.05, 3.63) is 0 Å². The lowest BCUT2D eigenvalue weighted by Crippen LogP contribution is -2.50. The number of rotatable bonds is 4. The van der Waals surface area contributed by atoms with Crippen molar-refractivity contribution in [1.29, 1.82) is 0 Å². The molecule has 0 aliphatic carbocycles. The van der Waals surface area contributed by atoms with E-state index in [2.05, 4.69) is 11.8 Å². The Morgan fingerprint density at radius 1 is 1.33 bits per heavy atom. The summed E-state index contributed by atoms with van der Waals surface area (Å²) < 4.78 is 23.6. The Morgan fingerprint density at radius 3 is 2.44 bits per heavy atom. The molecule has 0 amide bonds. The van der Waals surface area contributed by atoms with Crippen LogP contribution in [0, 0.1) is 5.92 Å². The third-order valence-electron chi connectivity index (χ3n) is 4.05. The minimum absolute atomic E-state index is 0.236. The lowest BCUT2D eigenvalue weighted by Gasteiger charge is -2.39. The third-order valence-corrected chi connectivity index (χ3v) is 6.64. The highest BCUT2D eigenvalue weighted by molar-refractivity contribution is 7.92. The molecule has 1 saturated heterocycles. The van der Waals surface area contributed by atoms with Crippen molar-refractivity contribution in [2.75, 3.05) is 25.4 Å². The van der Waals surface area contributed by atoms with Gasteiger partial charge in [-0.05, 0) is 46.1 Å². The second kappa shape index (κ2) is 5.88. The number of piperidine rings is 1. The molecule has 0 saturated carbocycles. The van der Waals surface area contributed by atoms with Crippen molar-refractivity contribution in [2.45, 2.75) is 51.3 Å². The Morgan fingerprint density at radius 2 is 1.94 bits per heavy atom. The average molecular weight is 276 g/mol. The van der Waals surface area contributed by atoms with Crippen LogP contribution in [0.2, 0.25) is 0 Å². The van der Waals surface area contributed by atoms with E-state index in [4.69, 9.17) is 5.73 Å². The molecule has 1 aliphatic heterocycles. The Hall–Kier alpha value is -0.130. The molecule has 1 rings (SSSR count). The van der Waals surface area contributed by atoms with E-state index in [1.807, 2.05) is 0 Å². The van der Waals surface area contributed by atoms with E-state index < -0.39 is 14.6 Å². The number of sulfone groups is 1. The molecule has 0 aromatic heterocycles. The van der Waals surface area contributed by atoms with Gasteiger partial charge in [-0.1, -0.05) is 6.92 Å². The molecule has 2 N–H and O–H groups in total. The van der Waals surface area contributed by atoms with Gasteiger partial charge in [0.2, 0.25) is 0 Å². The van der Waals surface area contributed by atoms with Gasteiger partial charge in [0.05, 0.1) is 10.5 Å². The zero-order chi connectivity index (χ0) is 14.0. The second-order valence-corrected chi connectivity index (χ2v) is 9.25. The molecule has 2 atom stereocenters. The highest BCUT2D eigenvalue weighted by atomic mass is 32.2. The summed E-state index contributed by atoms with van der Waals surface area (Å²) in [5.41, 5.74) is 5.82. The molecular formula is C13H28N2O2S. The summed E-state index contributed by atoms with van der Waals surface area (Å²) in [4.78, 5) is 2.26. The largest absolute Gasteiger partial charge is 0.329 e. The van der Waals surface area contributed by atoms with Crippen molar-refractivity contribution < 1.29 is 8.42 Å². The molecule has 4 nitrogen and oxygen atoms in total. The quantitative estimate of drug-likeness (QED) is 0.839. The van der Waals surface area contributed by atoms with Crippen LogP contribution in [0.3, 0.4) is 0 Å². The smallest absolute Gasteiger partial charge is 0.156 e. The first kappa shape index (κ1) is 15.9. The fourth-order valence-corrected chi connectivity index (χ4v) is 3.62. The molecule has 5 heteroatoms. The maximum Gasteiger partial charge on any atom is 0.156 e. The molecule has 108 valence electrons. The van der Waals surface area contributed by atoms with Crippen LogP contribution < -0.4 is 5.73 Å². The van der Waals surface area contributed by atoms with E-state index in [0.29, 0.717) is 25.0 Å². The fraction of sp³-hybridized carbons (Fsp3) is 1.00. The van der Waals surface area contributed by atoms with Gasteiger partial charge in [0.15, 0.2) is 9.84 Å². The van der Waals surface area contributed by atoms with Crippen molar-refractivity contribution in [3.8, 4) is 0 Å². The lowest BCUT2D eigenvalue weighted by molar-refractivity contribution is 0.113. The van der Waals surface area contributed by atoms with Gasteiger partial charge in [-0.25, -0.2) is 8.42 Å². The van der Waals surface area contributed by atoms with Gasteiger partial charge in [-0.3, -0.25) is 4.90 Å². The minimum Gasteiger partial charge on any atom is -0.329 e. The molecule has 0 bridgehead atoms. The maximum atomic E-state index is 12.1. The van der Waals surface area contributed by atoms with E-state index >= 15 is 0 Å². The van der Waals surface area contributed by atoms with E-state index in [0.717, 1.165) is 13.0 Å². The normalized spacial score (nSPS) is 27.4. The van der Waals surface area contributed by atoms with Gasteiger partial charge in [-0.15, -0.1) is 0 Å². The van der Waals surface area contributed by atoms with Crippen LogP contribution in [0.1, 0.15) is 40.5 Å². The molecule has 18 heavy (non-hydrogen) atoms. The highest BCUT2D eigenvalue weighted by Crippen LogP contribution is 2.23. The Bertz CT molecular complexity index is 360. The first-order chi connectivity index (χ1) is 8.19. The van der Waals surface area contributed by atoms with Crippen LogP contribution in [-0.2, 0) is 9.84 Å². The van der Waals surface area contributed by atoms with Crippen molar-refractivity contribution >= 4 is 9.84 Å². The number of hydrogen-bond donors (Lipinski definition) is 1. The first-order valence-electron chi connectivity index (χ1n) is 6.85. The predicted octanol–water partition coefficient (Wildman–Crippen LogP) is 1.26. The van der Waals surface area contributed by atoms with Crippen LogP contribution >= 0.6 is 0 Å². The zero-order valence-electron chi connectivity index (χ0n) is 12.1. The van der Waals surface area contributed by atoms with Gasteiger partial charge in [0.25, 0.3) is 0 Å². The van der Waals surface area contributed by atoms with Crippen molar-refractivity contribution in [1.82, 2.24) is 4.90 Å². The summed E-state index contributed by atoms with van der Waals surface area (Å²) in [6.45, 7) is 9.72. The molecular weight excluding hydrogens is 248 g/mol. The SMILES string of the molecule is CC1CCCN(CCS(=O)(=O)C(C)(C)C)C1CN. The third kappa shape index (κ3) is 3.68. The van der Waals surface area contributed by atoms with Crippen molar-refractivity contribution in [2.24, 2.45) is 11.7 Å². The van der Waals surface area contributed by atoms with Crippen LogP contribution in [0.15, 0.2) is 0 Å². The molecule has 1 heterocycles. The number of hydrogen-bond acceptors (Lipinski definition) is 4. The van der Waals surface area contributed by atoms with Crippen LogP contribution in [0.25, 0.3) is 0 Å². The summed E-state index contributed by atoms with van der Waals surface area (Å²) in [6, 6.07) is 0.342. The number of likely N-dealkylation sites (tertiary alicyclic amines) is 1. The van der Waals surface area contributed by atoms with Gasteiger partial charge < -0.3 is 5.73 Å². The summed E-state index contributed by atoms with van der Waals surface area (Å²) in [5.74, 6) is 0.806. The van der Waals surface area contributed by atoms with Gasteiger partial charge in [0.1, 0.15) is 0 Å². The van der Waals surface area contributed by atoms with E-state index in [1.54, 1.807) is 20.8 Å². The number of nitrogens with two attached hydrogens (primary N) is 1. The minimum atomic E-state index is -3.03. The van der Waals surface area contributed by atoms with Crippen LogP contribution in [-0.4, -0.2) is 49.5 Å². The van der Waals surface area contributed by atoms with E-state index in [-0.39, 0.29) is 5.75 Å². The van der Waals surface area contributed by atoms with E-state index in [1.165, 1.54) is 6.42 Å².